The van der Waals surface area contributed by atoms with E-state index in [0.29, 0.717) is 12.2 Å². The van der Waals surface area contributed by atoms with Gasteiger partial charge in [-0.15, -0.1) is 0 Å². The lowest BCUT2D eigenvalue weighted by atomic mass is 10.2. The zero-order valence-corrected chi connectivity index (χ0v) is 12.5. The van der Waals surface area contributed by atoms with Gasteiger partial charge in [0.15, 0.2) is 5.03 Å². The predicted octanol–water partition coefficient (Wildman–Crippen LogP) is 0.882. The Morgan fingerprint density at radius 3 is 2.95 bits per heavy atom. The Labute approximate surface area is 117 Å². The van der Waals surface area contributed by atoms with Crippen molar-refractivity contribution in [2.45, 2.75) is 30.2 Å². The molecule has 3 N–H and O–H groups in total. The van der Waals surface area contributed by atoms with Gasteiger partial charge in [-0.25, -0.2) is 13.4 Å². The van der Waals surface area contributed by atoms with Crippen LogP contribution in [0.4, 0.5) is 5.69 Å². The van der Waals surface area contributed by atoms with Crippen LogP contribution in [-0.4, -0.2) is 41.3 Å². The van der Waals surface area contributed by atoms with Gasteiger partial charge in [0.05, 0.1) is 5.69 Å². The highest BCUT2D eigenvalue weighted by Crippen LogP contribution is 2.30. The van der Waals surface area contributed by atoms with Crippen LogP contribution in [0, 0.1) is 0 Å². The van der Waals surface area contributed by atoms with Crippen LogP contribution >= 0.6 is 11.8 Å². The van der Waals surface area contributed by atoms with Gasteiger partial charge in [-0.1, -0.05) is 6.92 Å². The van der Waals surface area contributed by atoms with Crippen LogP contribution in [0.3, 0.4) is 0 Å². The van der Waals surface area contributed by atoms with Crippen molar-refractivity contribution in [3.63, 3.8) is 0 Å². The standard InChI is InChI=1S/C11H18N4O2S2/c1-8-9(2)18-7-6-15(8)19(16,17)11-10(14-12)4-3-5-13-11/h3-5,8-9,14H,6-7,12H2,1-2H3. The minimum absolute atomic E-state index is 0.0107. The zero-order valence-electron chi connectivity index (χ0n) is 10.9. The van der Waals surface area contributed by atoms with Gasteiger partial charge in [0.1, 0.15) is 0 Å². The second kappa shape index (κ2) is 5.66. The van der Waals surface area contributed by atoms with Crippen LogP contribution in [0.25, 0.3) is 0 Å². The molecule has 1 saturated heterocycles. The van der Waals surface area contributed by atoms with Crippen molar-refractivity contribution in [1.82, 2.24) is 9.29 Å². The molecule has 0 aliphatic carbocycles. The molecule has 6 nitrogen and oxygen atoms in total. The molecule has 1 aromatic rings. The summed E-state index contributed by atoms with van der Waals surface area (Å²) in [4.78, 5) is 3.98. The fourth-order valence-corrected chi connectivity index (χ4v) is 5.13. The average Bonchev–Trinajstić information content (AvgIpc) is 2.41. The van der Waals surface area contributed by atoms with E-state index in [-0.39, 0.29) is 16.3 Å². The molecule has 0 radical (unpaired) electrons. The number of nitrogens with zero attached hydrogens (tertiary/aromatic N) is 2. The maximum Gasteiger partial charge on any atom is 0.263 e. The summed E-state index contributed by atoms with van der Waals surface area (Å²) in [5.74, 6) is 6.16. The number of anilines is 1. The minimum Gasteiger partial charge on any atom is -0.321 e. The van der Waals surface area contributed by atoms with Crippen LogP contribution in [-0.2, 0) is 10.0 Å². The van der Waals surface area contributed by atoms with Gasteiger partial charge in [0.25, 0.3) is 10.0 Å². The molecule has 1 aliphatic rings. The second-order valence-corrected chi connectivity index (χ2v) is 7.72. The van der Waals surface area contributed by atoms with Crippen molar-refractivity contribution in [1.29, 1.82) is 0 Å². The molecule has 2 atom stereocenters. The summed E-state index contributed by atoms with van der Waals surface area (Å²) >= 11 is 1.78. The number of nitrogens with one attached hydrogen (secondary N) is 1. The molecule has 2 heterocycles. The van der Waals surface area contributed by atoms with Gasteiger partial charge in [0, 0.05) is 29.8 Å². The zero-order chi connectivity index (χ0) is 14.0. The molecule has 1 aliphatic heterocycles. The van der Waals surface area contributed by atoms with E-state index in [1.54, 1.807) is 23.9 Å². The van der Waals surface area contributed by atoms with Gasteiger partial charge in [-0.2, -0.15) is 16.1 Å². The lowest BCUT2D eigenvalue weighted by Crippen LogP contribution is -2.48. The van der Waals surface area contributed by atoms with E-state index >= 15 is 0 Å². The van der Waals surface area contributed by atoms with Crippen molar-refractivity contribution in [3.05, 3.63) is 18.3 Å². The van der Waals surface area contributed by atoms with Crippen LogP contribution in [0.1, 0.15) is 13.8 Å². The second-order valence-electron chi connectivity index (χ2n) is 4.43. The smallest absolute Gasteiger partial charge is 0.263 e. The first kappa shape index (κ1) is 14.6. The van der Waals surface area contributed by atoms with E-state index in [1.807, 2.05) is 13.8 Å². The monoisotopic (exact) mass is 302 g/mol. The number of sulfonamides is 1. The normalized spacial score (nSPS) is 25.2. The maximum atomic E-state index is 12.7. The molecule has 0 saturated carbocycles. The Kier molecular flexibility index (Phi) is 4.34. The quantitative estimate of drug-likeness (QED) is 0.636. The molecule has 106 valence electrons. The number of rotatable bonds is 3. The van der Waals surface area contributed by atoms with E-state index in [1.165, 1.54) is 10.5 Å². The molecule has 2 unspecified atom stereocenters. The fourth-order valence-electron chi connectivity index (χ4n) is 2.06. The van der Waals surface area contributed by atoms with Crippen LogP contribution < -0.4 is 11.3 Å². The van der Waals surface area contributed by atoms with E-state index in [0.717, 1.165) is 5.75 Å². The summed E-state index contributed by atoms with van der Waals surface area (Å²) in [6, 6.07) is 3.19. The maximum absolute atomic E-state index is 12.7. The Bertz CT molecular complexity index is 549. The summed E-state index contributed by atoms with van der Waals surface area (Å²) < 4.78 is 26.9. The summed E-state index contributed by atoms with van der Waals surface area (Å²) in [7, 11) is -3.62. The first-order valence-electron chi connectivity index (χ1n) is 6.03. The summed E-state index contributed by atoms with van der Waals surface area (Å²) in [5, 5.41) is 0.255. The molecular weight excluding hydrogens is 284 g/mol. The molecule has 2 rings (SSSR count). The Morgan fingerprint density at radius 2 is 2.26 bits per heavy atom. The Hall–Kier alpha value is -0.830. The number of aromatic nitrogens is 1. The summed E-state index contributed by atoms with van der Waals surface area (Å²) in [6.45, 7) is 4.46. The molecule has 1 aromatic heterocycles. The van der Waals surface area contributed by atoms with Gasteiger partial charge in [-0.05, 0) is 19.1 Å². The van der Waals surface area contributed by atoms with Gasteiger partial charge in [0.2, 0.25) is 0 Å². The van der Waals surface area contributed by atoms with Crippen molar-refractivity contribution >= 4 is 27.5 Å². The molecule has 0 amide bonds. The molecule has 0 bridgehead atoms. The van der Waals surface area contributed by atoms with Crippen LogP contribution in [0.2, 0.25) is 0 Å². The van der Waals surface area contributed by atoms with Crippen molar-refractivity contribution in [2.24, 2.45) is 5.84 Å². The first-order valence-corrected chi connectivity index (χ1v) is 8.52. The number of nitrogen functional groups attached to an aromatic ring is 1. The van der Waals surface area contributed by atoms with Crippen LogP contribution in [0.15, 0.2) is 23.4 Å². The lowest BCUT2D eigenvalue weighted by Gasteiger charge is -2.36. The highest BCUT2D eigenvalue weighted by atomic mass is 32.2. The summed E-state index contributed by atoms with van der Waals surface area (Å²) in [6.07, 6.45) is 1.46. The number of thioether (sulfide) groups is 1. The number of pyridine rings is 1. The number of nitrogens with two attached hydrogens (primary N) is 1. The van der Waals surface area contributed by atoms with E-state index in [9.17, 15) is 8.42 Å². The SMILES string of the molecule is CC1SCCN(S(=O)(=O)c2ncccc2NN)C1C. The third-order valence-electron chi connectivity index (χ3n) is 3.31. The van der Waals surface area contributed by atoms with Crippen molar-refractivity contribution in [2.75, 3.05) is 17.7 Å². The molecule has 19 heavy (non-hydrogen) atoms. The van der Waals surface area contributed by atoms with Crippen LogP contribution in [0.5, 0.6) is 0 Å². The lowest BCUT2D eigenvalue weighted by molar-refractivity contribution is 0.339. The largest absolute Gasteiger partial charge is 0.321 e. The third kappa shape index (κ3) is 2.71. The molecular formula is C11H18N4O2S2. The van der Waals surface area contributed by atoms with Gasteiger partial charge < -0.3 is 5.43 Å². The molecule has 1 fully saturated rings. The fraction of sp³-hybridized carbons (Fsp3) is 0.545. The minimum atomic E-state index is -3.62. The molecule has 0 spiro atoms. The van der Waals surface area contributed by atoms with E-state index in [2.05, 4.69) is 10.4 Å². The van der Waals surface area contributed by atoms with E-state index in [4.69, 9.17) is 5.84 Å². The topological polar surface area (TPSA) is 88.3 Å². The Balaban J connectivity index is 2.42. The average molecular weight is 302 g/mol. The number of hydrazine groups is 1. The van der Waals surface area contributed by atoms with E-state index < -0.39 is 10.0 Å². The number of hydrogen-bond acceptors (Lipinski definition) is 6. The van der Waals surface area contributed by atoms with Gasteiger partial charge in [-0.3, -0.25) is 5.84 Å². The predicted molar refractivity (Wildman–Crippen MR) is 77.3 cm³/mol. The van der Waals surface area contributed by atoms with Crippen molar-refractivity contribution < 1.29 is 8.42 Å². The summed E-state index contributed by atoms with van der Waals surface area (Å²) in [5.41, 5.74) is 2.71. The molecule has 0 aromatic carbocycles. The number of hydrogen-bond donors (Lipinski definition) is 2. The molecule has 8 heteroatoms. The van der Waals surface area contributed by atoms with Gasteiger partial charge >= 0.3 is 0 Å². The van der Waals surface area contributed by atoms with Crippen molar-refractivity contribution in [3.8, 4) is 0 Å². The third-order valence-corrected chi connectivity index (χ3v) is 6.59. The highest BCUT2D eigenvalue weighted by molar-refractivity contribution is 8.00. The highest BCUT2D eigenvalue weighted by Gasteiger charge is 2.36. The first-order chi connectivity index (χ1) is 8.98. The Morgan fingerprint density at radius 1 is 1.53 bits per heavy atom.